The second-order valence-corrected chi connectivity index (χ2v) is 5.25. The molecule has 0 bridgehead atoms. The Morgan fingerprint density at radius 2 is 2.00 bits per heavy atom. The summed E-state index contributed by atoms with van der Waals surface area (Å²) in [5.74, 6) is 0. The van der Waals surface area contributed by atoms with Crippen molar-refractivity contribution in [1.82, 2.24) is 5.32 Å². The maximum absolute atomic E-state index is 11.6. The minimum absolute atomic E-state index is 0.0133. The number of hydrogen-bond acceptors (Lipinski definition) is 5. The zero-order chi connectivity index (χ0) is 18.1. The third-order valence-electron chi connectivity index (χ3n) is 3.34. The van der Waals surface area contributed by atoms with Gasteiger partial charge in [0.25, 0.3) is 5.69 Å². The Morgan fingerprint density at radius 3 is 2.72 bits per heavy atom. The molecule has 2 rings (SSSR count). The zero-order valence-electron chi connectivity index (χ0n) is 13.6. The molecule has 25 heavy (non-hydrogen) atoms. The highest BCUT2D eigenvalue weighted by Gasteiger charge is 2.10. The minimum atomic E-state index is -0.507. The SMILES string of the molecule is Nc1ccc([N+](=O)[O-])c(C=CCCNC(=O)OCc2ccccc2)c1. The van der Waals surface area contributed by atoms with Crippen LogP contribution in [0.2, 0.25) is 0 Å². The number of nitrogens with zero attached hydrogens (tertiary/aromatic N) is 1. The summed E-state index contributed by atoms with van der Waals surface area (Å²) in [5.41, 5.74) is 7.42. The van der Waals surface area contributed by atoms with Crippen molar-refractivity contribution < 1.29 is 14.5 Å². The summed E-state index contributed by atoms with van der Waals surface area (Å²) in [6, 6.07) is 13.8. The fourth-order valence-electron chi connectivity index (χ4n) is 2.11. The third kappa shape index (κ3) is 5.98. The number of carbonyl (C=O) groups excluding carboxylic acids is 1. The van der Waals surface area contributed by atoms with Crippen molar-refractivity contribution in [3.8, 4) is 0 Å². The summed E-state index contributed by atoms with van der Waals surface area (Å²) in [4.78, 5) is 22.1. The Kier molecular flexibility index (Phi) is 6.53. The summed E-state index contributed by atoms with van der Waals surface area (Å²) in [6.45, 7) is 0.568. The number of nitro benzene ring substituents is 1. The maximum atomic E-state index is 11.6. The Morgan fingerprint density at radius 1 is 1.24 bits per heavy atom. The van der Waals surface area contributed by atoms with E-state index < -0.39 is 11.0 Å². The van der Waals surface area contributed by atoms with Gasteiger partial charge < -0.3 is 15.8 Å². The lowest BCUT2D eigenvalue weighted by molar-refractivity contribution is -0.385. The molecular formula is C18H19N3O4. The quantitative estimate of drug-likeness (QED) is 0.347. The van der Waals surface area contributed by atoms with E-state index in [1.807, 2.05) is 30.3 Å². The van der Waals surface area contributed by atoms with Crippen LogP contribution < -0.4 is 11.1 Å². The van der Waals surface area contributed by atoms with Gasteiger partial charge >= 0.3 is 6.09 Å². The molecule has 0 saturated carbocycles. The minimum Gasteiger partial charge on any atom is -0.445 e. The molecule has 0 saturated heterocycles. The topological polar surface area (TPSA) is 107 Å². The van der Waals surface area contributed by atoms with Gasteiger partial charge in [0, 0.05) is 18.3 Å². The van der Waals surface area contributed by atoms with E-state index in [0.29, 0.717) is 24.2 Å². The van der Waals surface area contributed by atoms with Crippen LogP contribution in [-0.4, -0.2) is 17.6 Å². The predicted octanol–water partition coefficient (Wildman–Crippen LogP) is 3.51. The van der Waals surface area contributed by atoms with Crippen molar-refractivity contribution in [1.29, 1.82) is 0 Å². The van der Waals surface area contributed by atoms with E-state index in [2.05, 4.69) is 5.32 Å². The highest BCUT2D eigenvalue weighted by Crippen LogP contribution is 2.22. The van der Waals surface area contributed by atoms with Crippen molar-refractivity contribution in [3.05, 3.63) is 75.8 Å². The average Bonchev–Trinajstić information content (AvgIpc) is 2.60. The van der Waals surface area contributed by atoms with E-state index in [1.165, 1.54) is 18.2 Å². The van der Waals surface area contributed by atoms with Crippen LogP contribution in [0.3, 0.4) is 0 Å². The van der Waals surface area contributed by atoms with Gasteiger partial charge in [-0.2, -0.15) is 0 Å². The number of benzene rings is 2. The first-order valence-corrected chi connectivity index (χ1v) is 7.71. The summed E-state index contributed by atoms with van der Waals surface area (Å²) in [5, 5.41) is 13.6. The molecule has 0 fully saturated rings. The number of anilines is 1. The summed E-state index contributed by atoms with van der Waals surface area (Å²) < 4.78 is 5.08. The van der Waals surface area contributed by atoms with Gasteiger partial charge in [0.05, 0.1) is 10.5 Å². The summed E-state index contributed by atoms with van der Waals surface area (Å²) >= 11 is 0. The van der Waals surface area contributed by atoms with Crippen LogP contribution in [-0.2, 0) is 11.3 Å². The fraction of sp³-hybridized carbons (Fsp3) is 0.167. The van der Waals surface area contributed by atoms with Crippen LogP contribution in [0.4, 0.5) is 16.2 Å². The summed E-state index contributed by atoms with van der Waals surface area (Å²) in [6.07, 6.45) is 3.35. The Labute approximate surface area is 145 Å². The van der Waals surface area contributed by atoms with Gasteiger partial charge in [0.15, 0.2) is 0 Å². The number of hydrogen-bond donors (Lipinski definition) is 2. The van der Waals surface area contributed by atoms with Crippen LogP contribution >= 0.6 is 0 Å². The second-order valence-electron chi connectivity index (χ2n) is 5.25. The molecule has 0 radical (unpaired) electrons. The van der Waals surface area contributed by atoms with Gasteiger partial charge in [-0.1, -0.05) is 42.5 Å². The van der Waals surface area contributed by atoms with Crippen LogP contribution in [0.5, 0.6) is 0 Å². The van der Waals surface area contributed by atoms with Crippen LogP contribution in [0.25, 0.3) is 6.08 Å². The normalized spacial score (nSPS) is 10.6. The largest absolute Gasteiger partial charge is 0.445 e. The Balaban J connectivity index is 1.75. The first-order chi connectivity index (χ1) is 12.1. The highest BCUT2D eigenvalue weighted by atomic mass is 16.6. The number of ether oxygens (including phenoxy) is 1. The number of nitrogen functional groups attached to an aromatic ring is 1. The van der Waals surface area contributed by atoms with E-state index in [4.69, 9.17) is 10.5 Å². The predicted molar refractivity (Wildman–Crippen MR) is 95.8 cm³/mol. The van der Waals surface area contributed by atoms with Crippen LogP contribution in [0.15, 0.2) is 54.6 Å². The van der Waals surface area contributed by atoms with Gasteiger partial charge in [-0.15, -0.1) is 0 Å². The third-order valence-corrected chi connectivity index (χ3v) is 3.34. The molecule has 0 aliphatic heterocycles. The van der Waals surface area contributed by atoms with E-state index in [1.54, 1.807) is 12.2 Å². The van der Waals surface area contributed by atoms with Crippen LogP contribution in [0, 0.1) is 10.1 Å². The fourth-order valence-corrected chi connectivity index (χ4v) is 2.11. The van der Waals surface area contributed by atoms with Gasteiger partial charge in [0.1, 0.15) is 6.61 Å². The molecule has 7 heteroatoms. The molecule has 1 amide bonds. The van der Waals surface area contributed by atoms with E-state index in [-0.39, 0.29) is 12.3 Å². The molecule has 0 heterocycles. The molecule has 0 aliphatic carbocycles. The van der Waals surface area contributed by atoms with Crippen molar-refractivity contribution >= 4 is 23.5 Å². The first-order valence-electron chi connectivity index (χ1n) is 7.71. The van der Waals surface area contributed by atoms with Gasteiger partial charge in [-0.25, -0.2) is 4.79 Å². The molecule has 0 aromatic heterocycles. The smallest absolute Gasteiger partial charge is 0.407 e. The molecule has 0 unspecified atom stereocenters. The maximum Gasteiger partial charge on any atom is 0.407 e. The number of amides is 1. The lowest BCUT2D eigenvalue weighted by atomic mass is 10.1. The molecule has 0 spiro atoms. The molecule has 2 aromatic rings. The Hall–Kier alpha value is -3.35. The number of carbonyl (C=O) groups is 1. The molecule has 3 N–H and O–H groups in total. The number of nitro groups is 1. The number of rotatable bonds is 7. The van der Waals surface area contributed by atoms with E-state index in [0.717, 1.165) is 5.56 Å². The number of nitrogens with one attached hydrogen (secondary N) is 1. The molecule has 0 aliphatic rings. The lowest BCUT2D eigenvalue weighted by Gasteiger charge is -2.06. The average molecular weight is 341 g/mol. The summed E-state index contributed by atoms with van der Waals surface area (Å²) in [7, 11) is 0. The molecule has 7 nitrogen and oxygen atoms in total. The zero-order valence-corrected chi connectivity index (χ0v) is 13.6. The van der Waals surface area contributed by atoms with Crippen molar-refractivity contribution in [3.63, 3.8) is 0 Å². The molecule has 0 atom stereocenters. The van der Waals surface area contributed by atoms with Crippen LogP contribution in [0.1, 0.15) is 17.5 Å². The molecule has 2 aromatic carbocycles. The van der Waals surface area contributed by atoms with E-state index >= 15 is 0 Å². The standard InChI is InChI=1S/C18H19N3O4/c19-16-9-10-17(21(23)24)15(12-16)8-4-5-11-20-18(22)25-13-14-6-2-1-3-7-14/h1-4,6-10,12H,5,11,13,19H2,(H,20,22). The van der Waals surface area contributed by atoms with Crippen molar-refractivity contribution in [2.24, 2.45) is 0 Å². The van der Waals surface area contributed by atoms with Gasteiger partial charge in [-0.3, -0.25) is 10.1 Å². The molecular weight excluding hydrogens is 322 g/mol. The van der Waals surface area contributed by atoms with Crippen molar-refractivity contribution in [2.75, 3.05) is 12.3 Å². The van der Waals surface area contributed by atoms with Gasteiger partial charge in [0.2, 0.25) is 0 Å². The highest BCUT2D eigenvalue weighted by molar-refractivity contribution is 5.67. The Bertz CT molecular complexity index is 760. The lowest BCUT2D eigenvalue weighted by Crippen LogP contribution is -2.24. The number of alkyl carbamates (subject to hydrolysis) is 1. The second kappa shape index (κ2) is 9.07. The molecule has 130 valence electrons. The van der Waals surface area contributed by atoms with Crippen molar-refractivity contribution in [2.45, 2.75) is 13.0 Å². The van der Waals surface area contributed by atoms with E-state index in [9.17, 15) is 14.9 Å². The number of nitrogens with two attached hydrogens (primary N) is 1. The first kappa shape index (κ1) is 18.0. The van der Waals surface area contributed by atoms with Gasteiger partial charge in [-0.05, 0) is 24.1 Å². The monoisotopic (exact) mass is 341 g/mol.